The van der Waals surface area contributed by atoms with Crippen molar-refractivity contribution in [2.75, 3.05) is 19.0 Å². The fraction of sp³-hybridized carbons (Fsp3) is 0.133. The second-order valence-corrected chi connectivity index (χ2v) is 3.99. The predicted molar refractivity (Wildman–Crippen MR) is 72.2 cm³/mol. The van der Waals surface area contributed by atoms with Gasteiger partial charge in [-0.25, -0.2) is 4.39 Å². The molecule has 0 atom stereocenters. The lowest BCUT2D eigenvalue weighted by Crippen LogP contribution is -2.14. The third-order valence-electron chi connectivity index (χ3n) is 2.69. The van der Waals surface area contributed by atoms with Gasteiger partial charge in [-0.15, -0.1) is 0 Å². The molecular weight excluding hydrogens is 245 g/mol. The fourth-order valence-electron chi connectivity index (χ4n) is 1.75. The Kier molecular flexibility index (Phi) is 4.13. The molecule has 3 nitrogen and oxygen atoms in total. The zero-order valence-corrected chi connectivity index (χ0v) is 10.5. The minimum Gasteiger partial charge on any atom is -0.496 e. The number of carbonyl (C=O) groups excluding carboxylic acids is 1. The van der Waals surface area contributed by atoms with Crippen LogP contribution in [0.15, 0.2) is 48.5 Å². The smallest absolute Gasteiger partial charge is 0.185 e. The number of ketones is 1. The zero-order valence-electron chi connectivity index (χ0n) is 10.5. The van der Waals surface area contributed by atoms with Gasteiger partial charge in [0.2, 0.25) is 0 Å². The van der Waals surface area contributed by atoms with Crippen molar-refractivity contribution in [2.45, 2.75) is 0 Å². The molecule has 0 aromatic heterocycles. The van der Waals surface area contributed by atoms with E-state index in [2.05, 4.69) is 5.32 Å². The molecule has 19 heavy (non-hydrogen) atoms. The van der Waals surface area contributed by atoms with Crippen LogP contribution in [0.4, 0.5) is 10.1 Å². The van der Waals surface area contributed by atoms with E-state index >= 15 is 0 Å². The highest BCUT2D eigenvalue weighted by Gasteiger charge is 2.10. The summed E-state index contributed by atoms with van der Waals surface area (Å²) in [4.78, 5) is 12.0. The van der Waals surface area contributed by atoms with Crippen LogP contribution in [-0.2, 0) is 0 Å². The van der Waals surface area contributed by atoms with Crippen molar-refractivity contribution < 1.29 is 13.9 Å². The normalized spacial score (nSPS) is 10.0. The molecule has 0 aliphatic heterocycles. The van der Waals surface area contributed by atoms with Gasteiger partial charge in [0.1, 0.15) is 11.6 Å². The molecule has 1 N–H and O–H groups in total. The number of hydrogen-bond donors (Lipinski definition) is 1. The predicted octanol–water partition coefficient (Wildman–Crippen LogP) is 3.13. The number of carbonyl (C=O) groups is 1. The second kappa shape index (κ2) is 6.00. The van der Waals surface area contributed by atoms with Crippen molar-refractivity contribution >= 4 is 11.5 Å². The number of hydrogen-bond acceptors (Lipinski definition) is 3. The standard InChI is InChI=1S/C15H14FNO2/c1-19-15-8-3-2-7-13(15)14(18)10-17-12-6-4-5-11(16)9-12/h2-9,17H,10H2,1H3. The molecule has 98 valence electrons. The van der Waals surface area contributed by atoms with Crippen molar-refractivity contribution in [3.8, 4) is 5.75 Å². The van der Waals surface area contributed by atoms with Gasteiger partial charge in [0.25, 0.3) is 0 Å². The molecule has 0 fully saturated rings. The number of benzene rings is 2. The van der Waals surface area contributed by atoms with Gasteiger partial charge >= 0.3 is 0 Å². The summed E-state index contributed by atoms with van der Waals surface area (Å²) in [5.74, 6) is 0.0880. The maximum absolute atomic E-state index is 13.0. The van der Waals surface area contributed by atoms with E-state index in [1.54, 1.807) is 36.4 Å². The van der Waals surface area contributed by atoms with Gasteiger partial charge in [-0.05, 0) is 30.3 Å². The molecule has 2 rings (SSSR count). The van der Waals surface area contributed by atoms with Crippen molar-refractivity contribution in [1.29, 1.82) is 0 Å². The maximum atomic E-state index is 13.0. The van der Waals surface area contributed by atoms with Gasteiger partial charge in [0.05, 0.1) is 19.2 Å². The van der Waals surface area contributed by atoms with E-state index in [0.29, 0.717) is 17.0 Å². The number of methoxy groups -OCH3 is 1. The van der Waals surface area contributed by atoms with Gasteiger partial charge in [0.15, 0.2) is 5.78 Å². The third-order valence-corrected chi connectivity index (χ3v) is 2.69. The number of para-hydroxylation sites is 1. The minimum absolute atomic E-state index is 0.0871. The number of nitrogens with one attached hydrogen (secondary N) is 1. The summed E-state index contributed by atoms with van der Waals surface area (Å²) in [6, 6.07) is 13.0. The van der Waals surface area contributed by atoms with Gasteiger partial charge in [-0.1, -0.05) is 18.2 Å². The Morgan fingerprint density at radius 2 is 2.00 bits per heavy atom. The monoisotopic (exact) mass is 259 g/mol. The van der Waals surface area contributed by atoms with Gasteiger partial charge in [-0.2, -0.15) is 0 Å². The summed E-state index contributed by atoms with van der Waals surface area (Å²) in [5.41, 5.74) is 1.08. The van der Waals surface area contributed by atoms with Crippen LogP contribution in [0.1, 0.15) is 10.4 Å². The first kappa shape index (κ1) is 13.1. The Hall–Kier alpha value is -2.36. The molecule has 0 aliphatic rings. The summed E-state index contributed by atoms with van der Waals surface area (Å²) in [6.45, 7) is 0.0871. The highest BCUT2D eigenvalue weighted by Crippen LogP contribution is 2.18. The average molecular weight is 259 g/mol. The SMILES string of the molecule is COc1ccccc1C(=O)CNc1cccc(F)c1. The summed E-state index contributed by atoms with van der Waals surface area (Å²) < 4.78 is 18.1. The van der Waals surface area contributed by atoms with Gasteiger partial charge in [0, 0.05) is 5.69 Å². The number of Topliss-reactive ketones (excluding diaryl/α,β-unsaturated/α-hetero) is 1. The zero-order chi connectivity index (χ0) is 13.7. The van der Waals surface area contributed by atoms with E-state index in [1.165, 1.54) is 19.2 Å². The molecule has 0 aliphatic carbocycles. The Balaban J connectivity index is 2.05. The molecular formula is C15H14FNO2. The molecule has 2 aromatic carbocycles. The lowest BCUT2D eigenvalue weighted by Gasteiger charge is -2.09. The molecule has 0 bridgehead atoms. The molecule has 4 heteroatoms. The van der Waals surface area contributed by atoms with Crippen LogP contribution in [0.25, 0.3) is 0 Å². The molecule has 0 heterocycles. The van der Waals surface area contributed by atoms with Crippen molar-refractivity contribution in [1.82, 2.24) is 0 Å². The molecule has 0 amide bonds. The summed E-state index contributed by atoms with van der Waals surface area (Å²) in [5, 5.41) is 2.89. The van der Waals surface area contributed by atoms with E-state index in [0.717, 1.165) is 0 Å². The largest absolute Gasteiger partial charge is 0.496 e. The Morgan fingerprint density at radius 3 is 2.74 bits per heavy atom. The van der Waals surface area contributed by atoms with Crippen LogP contribution < -0.4 is 10.1 Å². The quantitative estimate of drug-likeness (QED) is 0.838. The third kappa shape index (κ3) is 3.31. The van der Waals surface area contributed by atoms with E-state index in [9.17, 15) is 9.18 Å². The second-order valence-electron chi connectivity index (χ2n) is 3.99. The van der Waals surface area contributed by atoms with E-state index < -0.39 is 0 Å². The Morgan fingerprint density at radius 1 is 1.21 bits per heavy atom. The van der Waals surface area contributed by atoms with E-state index in [-0.39, 0.29) is 18.1 Å². The summed E-state index contributed by atoms with van der Waals surface area (Å²) in [6.07, 6.45) is 0. The van der Waals surface area contributed by atoms with Crippen LogP contribution in [0.3, 0.4) is 0 Å². The van der Waals surface area contributed by atoms with Crippen molar-refractivity contribution in [3.05, 3.63) is 59.9 Å². The summed E-state index contributed by atoms with van der Waals surface area (Å²) in [7, 11) is 1.52. The molecule has 0 unspecified atom stereocenters. The lowest BCUT2D eigenvalue weighted by molar-refractivity contribution is 0.100. The summed E-state index contributed by atoms with van der Waals surface area (Å²) >= 11 is 0. The number of anilines is 1. The average Bonchev–Trinajstić information content (AvgIpc) is 2.45. The highest BCUT2D eigenvalue weighted by atomic mass is 19.1. The minimum atomic E-state index is -0.338. The molecule has 0 saturated heterocycles. The first-order chi connectivity index (χ1) is 9.20. The first-order valence-electron chi connectivity index (χ1n) is 5.86. The first-order valence-corrected chi connectivity index (χ1v) is 5.86. The number of ether oxygens (including phenoxy) is 1. The van der Waals surface area contributed by atoms with Gasteiger partial charge in [-0.3, -0.25) is 4.79 Å². The van der Waals surface area contributed by atoms with Crippen molar-refractivity contribution in [3.63, 3.8) is 0 Å². The lowest BCUT2D eigenvalue weighted by atomic mass is 10.1. The topological polar surface area (TPSA) is 38.3 Å². The van der Waals surface area contributed by atoms with E-state index in [4.69, 9.17) is 4.74 Å². The Labute approximate surface area is 111 Å². The number of halogens is 1. The molecule has 2 aromatic rings. The highest BCUT2D eigenvalue weighted by molar-refractivity contribution is 6.01. The van der Waals surface area contributed by atoms with Crippen LogP contribution in [0.5, 0.6) is 5.75 Å². The van der Waals surface area contributed by atoms with E-state index in [1.807, 2.05) is 0 Å². The van der Waals surface area contributed by atoms with Crippen LogP contribution >= 0.6 is 0 Å². The molecule has 0 saturated carbocycles. The van der Waals surface area contributed by atoms with Crippen LogP contribution in [-0.4, -0.2) is 19.4 Å². The number of rotatable bonds is 5. The molecule has 0 radical (unpaired) electrons. The van der Waals surface area contributed by atoms with Crippen LogP contribution in [0.2, 0.25) is 0 Å². The maximum Gasteiger partial charge on any atom is 0.185 e. The van der Waals surface area contributed by atoms with Gasteiger partial charge < -0.3 is 10.1 Å². The van der Waals surface area contributed by atoms with Crippen molar-refractivity contribution in [2.24, 2.45) is 0 Å². The van der Waals surface area contributed by atoms with Crippen LogP contribution in [0, 0.1) is 5.82 Å². The fourth-order valence-corrected chi connectivity index (χ4v) is 1.75. The Bertz CT molecular complexity index is 584. The molecule has 0 spiro atoms.